The van der Waals surface area contributed by atoms with Gasteiger partial charge < -0.3 is 10.4 Å². The lowest BCUT2D eigenvalue weighted by Crippen LogP contribution is -2.21. The SMILES string of the molecule is O=C(O)C(Nc1ccccc1F)c1cccc(Br)c1. The van der Waals surface area contributed by atoms with Gasteiger partial charge >= 0.3 is 5.97 Å². The van der Waals surface area contributed by atoms with Crippen molar-refractivity contribution in [2.45, 2.75) is 6.04 Å². The van der Waals surface area contributed by atoms with Gasteiger partial charge in [0.25, 0.3) is 0 Å². The van der Waals surface area contributed by atoms with Crippen LogP contribution in [0.1, 0.15) is 11.6 Å². The van der Waals surface area contributed by atoms with Gasteiger partial charge in [0.05, 0.1) is 5.69 Å². The highest BCUT2D eigenvalue weighted by atomic mass is 79.9. The first-order chi connectivity index (χ1) is 9.08. The Hall–Kier alpha value is -1.88. The Kier molecular flexibility index (Phi) is 4.16. The standard InChI is InChI=1S/C14H11BrFNO2/c15-10-5-3-4-9(8-10)13(14(18)19)17-12-7-2-1-6-11(12)16/h1-8,13,17H,(H,18,19). The van der Waals surface area contributed by atoms with E-state index in [4.69, 9.17) is 0 Å². The van der Waals surface area contributed by atoms with Crippen LogP contribution in [0.2, 0.25) is 0 Å². The van der Waals surface area contributed by atoms with Gasteiger partial charge in [0, 0.05) is 4.47 Å². The average Bonchev–Trinajstić information content (AvgIpc) is 2.37. The molecular formula is C14H11BrFNO2. The third-order valence-corrected chi connectivity index (χ3v) is 3.10. The number of rotatable bonds is 4. The smallest absolute Gasteiger partial charge is 0.330 e. The second kappa shape index (κ2) is 5.84. The summed E-state index contributed by atoms with van der Waals surface area (Å²) >= 11 is 3.28. The minimum Gasteiger partial charge on any atom is -0.479 e. The number of anilines is 1. The van der Waals surface area contributed by atoms with Gasteiger partial charge in [0.1, 0.15) is 5.82 Å². The van der Waals surface area contributed by atoms with Gasteiger partial charge in [-0.25, -0.2) is 9.18 Å². The van der Waals surface area contributed by atoms with Crippen LogP contribution in [0, 0.1) is 5.82 Å². The van der Waals surface area contributed by atoms with Crippen molar-refractivity contribution in [1.29, 1.82) is 0 Å². The quantitative estimate of drug-likeness (QED) is 0.899. The maximum Gasteiger partial charge on any atom is 0.330 e. The van der Waals surface area contributed by atoms with E-state index < -0.39 is 17.8 Å². The highest BCUT2D eigenvalue weighted by molar-refractivity contribution is 9.10. The van der Waals surface area contributed by atoms with Crippen LogP contribution in [0.5, 0.6) is 0 Å². The molecular weight excluding hydrogens is 313 g/mol. The van der Waals surface area contributed by atoms with Crippen molar-refractivity contribution >= 4 is 27.6 Å². The number of benzene rings is 2. The van der Waals surface area contributed by atoms with E-state index in [9.17, 15) is 14.3 Å². The first kappa shape index (κ1) is 13.5. The third-order valence-electron chi connectivity index (χ3n) is 2.60. The van der Waals surface area contributed by atoms with Gasteiger partial charge in [-0.05, 0) is 29.8 Å². The second-order valence-electron chi connectivity index (χ2n) is 3.95. The number of hydrogen-bond acceptors (Lipinski definition) is 2. The van der Waals surface area contributed by atoms with Gasteiger partial charge in [-0.15, -0.1) is 0 Å². The average molecular weight is 324 g/mol. The Labute approximate surface area is 118 Å². The predicted molar refractivity (Wildman–Crippen MR) is 74.5 cm³/mol. The van der Waals surface area contributed by atoms with Crippen LogP contribution in [0.15, 0.2) is 53.0 Å². The van der Waals surface area contributed by atoms with Crippen molar-refractivity contribution in [1.82, 2.24) is 0 Å². The molecule has 19 heavy (non-hydrogen) atoms. The van der Waals surface area contributed by atoms with Crippen LogP contribution in [0.25, 0.3) is 0 Å². The molecule has 0 amide bonds. The Balaban J connectivity index is 2.32. The Morgan fingerprint density at radius 2 is 1.95 bits per heavy atom. The number of para-hydroxylation sites is 1. The summed E-state index contributed by atoms with van der Waals surface area (Å²) in [5, 5.41) is 12.0. The molecule has 98 valence electrons. The van der Waals surface area contributed by atoms with Crippen molar-refractivity contribution in [3.05, 3.63) is 64.4 Å². The van der Waals surface area contributed by atoms with Gasteiger partial charge in [-0.1, -0.05) is 40.2 Å². The zero-order chi connectivity index (χ0) is 13.8. The summed E-state index contributed by atoms with van der Waals surface area (Å²) in [6.07, 6.45) is 0. The summed E-state index contributed by atoms with van der Waals surface area (Å²) in [7, 11) is 0. The van der Waals surface area contributed by atoms with Crippen LogP contribution in [-0.2, 0) is 4.79 Å². The number of carboxylic acids is 1. The lowest BCUT2D eigenvalue weighted by Gasteiger charge is -2.16. The van der Waals surface area contributed by atoms with E-state index in [1.165, 1.54) is 12.1 Å². The minimum atomic E-state index is -1.07. The van der Waals surface area contributed by atoms with Crippen LogP contribution in [0.4, 0.5) is 10.1 Å². The molecule has 0 saturated heterocycles. The van der Waals surface area contributed by atoms with E-state index in [0.717, 1.165) is 4.47 Å². The normalized spacial score (nSPS) is 11.9. The third kappa shape index (κ3) is 3.32. The Bertz CT molecular complexity index is 604. The number of hydrogen-bond donors (Lipinski definition) is 2. The molecule has 0 radical (unpaired) electrons. The molecule has 1 atom stereocenters. The molecule has 0 spiro atoms. The number of carboxylic acid groups (broad SMARTS) is 1. The van der Waals surface area contributed by atoms with Gasteiger partial charge in [0.2, 0.25) is 0 Å². The predicted octanol–water partition coefficient (Wildman–Crippen LogP) is 3.83. The summed E-state index contributed by atoms with van der Waals surface area (Å²) in [6, 6.07) is 11.9. The van der Waals surface area contributed by atoms with Crippen LogP contribution in [-0.4, -0.2) is 11.1 Å². The molecule has 2 rings (SSSR count). The lowest BCUT2D eigenvalue weighted by atomic mass is 10.1. The Morgan fingerprint density at radius 3 is 2.58 bits per heavy atom. The first-order valence-corrected chi connectivity index (χ1v) is 6.36. The number of carbonyl (C=O) groups is 1. The summed E-state index contributed by atoms with van der Waals surface area (Å²) in [6.45, 7) is 0. The maximum absolute atomic E-state index is 13.5. The van der Waals surface area contributed by atoms with Crippen LogP contribution in [0.3, 0.4) is 0 Å². The fourth-order valence-corrected chi connectivity index (χ4v) is 2.12. The number of aliphatic carboxylic acids is 1. The molecule has 2 aromatic rings. The van der Waals surface area contributed by atoms with Gasteiger partial charge in [-0.2, -0.15) is 0 Å². The second-order valence-corrected chi connectivity index (χ2v) is 4.87. The fraction of sp³-hybridized carbons (Fsp3) is 0.0714. The zero-order valence-corrected chi connectivity index (χ0v) is 11.4. The summed E-state index contributed by atoms with van der Waals surface area (Å²) in [5.41, 5.74) is 0.708. The van der Waals surface area contributed by atoms with Crippen molar-refractivity contribution in [3.8, 4) is 0 Å². The van der Waals surface area contributed by atoms with E-state index in [2.05, 4.69) is 21.2 Å². The molecule has 1 unspecified atom stereocenters. The molecule has 0 aliphatic heterocycles. The molecule has 0 heterocycles. The molecule has 2 N–H and O–H groups in total. The molecule has 5 heteroatoms. The molecule has 0 bridgehead atoms. The van der Waals surface area contributed by atoms with Gasteiger partial charge in [-0.3, -0.25) is 0 Å². The van der Waals surface area contributed by atoms with Crippen LogP contribution < -0.4 is 5.32 Å². The summed E-state index contributed by atoms with van der Waals surface area (Å²) in [5.74, 6) is -1.55. The highest BCUT2D eigenvalue weighted by Gasteiger charge is 2.20. The van der Waals surface area contributed by atoms with E-state index >= 15 is 0 Å². The topological polar surface area (TPSA) is 49.3 Å². The summed E-state index contributed by atoms with van der Waals surface area (Å²) in [4.78, 5) is 11.3. The molecule has 0 aliphatic rings. The largest absolute Gasteiger partial charge is 0.479 e. The molecule has 0 aromatic heterocycles. The van der Waals surface area contributed by atoms with E-state index in [1.54, 1.807) is 36.4 Å². The number of nitrogens with one attached hydrogen (secondary N) is 1. The molecule has 0 fully saturated rings. The monoisotopic (exact) mass is 323 g/mol. The van der Waals surface area contributed by atoms with Crippen molar-refractivity contribution in [3.63, 3.8) is 0 Å². The Morgan fingerprint density at radius 1 is 1.21 bits per heavy atom. The van der Waals surface area contributed by atoms with Crippen molar-refractivity contribution in [2.75, 3.05) is 5.32 Å². The maximum atomic E-state index is 13.5. The zero-order valence-electron chi connectivity index (χ0n) is 9.81. The number of halogens is 2. The minimum absolute atomic E-state index is 0.162. The van der Waals surface area contributed by atoms with Crippen molar-refractivity contribution in [2.24, 2.45) is 0 Å². The van der Waals surface area contributed by atoms with E-state index in [0.29, 0.717) is 5.56 Å². The molecule has 3 nitrogen and oxygen atoms in total. The molecule has 0 aliphatic carbocycles. The van der Waals surface area contributed by atoms with E-state index in [1.807, 2.05) is 0 Å². The summed E-state index contributed by atoms with van der Waals surface area (Å²) < 4.78 is 14.3. The van der Waals surface area contributed by atoms with Crippen molar-refractivity contribution < 1.29 is 14.3 Å². The van der Waals surface area contributed by atoms with Gasteiger partial charge in [0.15, 0.2) is 6.04 Å². The van der Waals surface area contributed by atoms with E-state index in [-0.39, 0.29) is 5.69 Å². The fourth-order valence-electron chi connectivity index (χ4n) is 1.71. The van der Waals surface area contributed by atoms with Crippen LogP contribution >= 0.6 is 15.9 Å². The molecule has 0 saturated carbocycles. The lowest BCUT2D eigenvalue weighted by molar-refractivity contribution is -0.138. The molecule has 2 aromatic carbocycles. The first-order valence-electron chi connectivity index (χ1n) is 5.57. The highest BCUT2D eigenvalue weighted by Crippen LogP contribution is 2.24.